The molecule has 0 saturated carbocycles. The number of aromatic nitrogens is 6. The van der Waals surface area contributed by atoms with Gasteiger partial charge < -0.3 is 10.2 Å². The summed E-state index contributed by atoms with van der Waals surface area (Å²) in [7, 11) is 0. The van der Waals surface area contributed by atoms with E-state index in [9.17, 15) is 9.50 Å². The van der Waals surface area contributed by atoms with Gasteiger partial charge in [-0.05, 0) is 24.3 Å². The molecule has 0 aliphatic rings. The summed E-state index contributed by atoms with van der Waals surface area (Å²) in [6, 6.07) is 7.51. The minimum absolute atomic E-state index is 0.0517. The van der Waals surface area contributed by atoms with Gasteiger partial charge in [-0.1, -0.05) is 0 Å². The van der Waals surface area contributed by atoms with Crippen molar-refractivity contribution in [1.82, 2.24) is 29.4 Å². The molecule has 0 unspecified atom stereocenters. The van der Waals surface area contributed by atoms with E-state index in [1.54, 1.807) is 35.3 Å². The first-order chi connectivity index (χ1) is 15.1. The van der Waals surface area contributed by atoms with Crippen molar-refractivity contribution >= 4 is 16.6 Å². The summed E-state index contributed by atoms with van der Waals surface area (Å²) in [6.45, 7) is 0.288. The fraction of sp³-hybridized carbons (Fsp3) is 0.143. The Labute approximate surface area is 174 Å². The number of imidazole rings is 1. The molecule has 5 aromatic rings. The van der Waals surface area contributed by atoms with Gasteiger partial charge in [-0.2, -0.15) is 10.2 Å². The van der Waals surface area contributed by atoms with Crippen molar-refractivity contribution < 1.29 is 19.0 Å². The highest BCUT2D eigenvalue weighted by atomic mass is 19.1. The molecular formula is C21H16F2N6O2. The molecule has 0 aliphatic carbocycles. The van der Waals surface area contributed by atoms with Gasteiger partial charge in [-0.3, -0.25) is 9.67 Å². The number of pyridine rings is 1. The van der Waals surface area contributed by atoms with E-state index in [2.05, 4.69) is 20.2 Å². The van der Waals surface area contributed by atoms with E-state index < -0.39 is 23.3 Å². The molecule has 0 spiro atoms. The third-order valence-corrected chi connectivity index (χ3v) is 5.03. The van der Waals surface area contributed by atoms with Crippen molar-refractivity contribution in [2.45, 2.75) is 12.6 Å². The van der Waals surface area contributed by atoms with Crippen LogP contribution in [0.2, 0.25) is 0 Å². The summed E-state index contributed by atoms with van der Waals surface area (Å²) < 4.78 is 32.7. The number of rotatable bonds is 5. The van der Waals surface area contributed by atoms with E-state index >= 15 is 4.39 Å². The number of aliphatic hydroxyl groups excluding tert-OH is 2. The molecule has 0 saturated heterocycles. The summed E-state index contributed by atoms with van der Waals surface area (Å²) in [5, 5.41) is 28.7. The summed E-state index contributed by atoms with van der Waals surface area (Å²) in [4.78, 5) is 8.15. The Balaban J connectivity index is 1.61. The second kappa shape index (κ2) is 7.49. The summed E-state index contributed by atoms with van der Waals surface area (Å²) in [5.74, 6) is -1.79. The van der Waals surface area contributed by atoms with Crippen LogP contribution in [0.15, 0.2) is 55.1 Å². The van der Waals surface area contributed by atoms with Gasteiger partial charge in [0.05, 0.1) is 48.0 Å². The minimum atomic E-state index is -1.64. The minimum Gasteiger partial charge on any atom is -0.394 e. The van der Waals surface area contributed by atoms with Crippen LogP contribution >= 0.6 is 0 Å². The first kappa shape index (κ1) is 19.2. The van der Waals surface area contributed by atoms with Gasteiger partial charge in [-0.25, -0.2) is 18.3 Å². The molecule has 0 radical (unpaired) electrons. The molecule has 0 aliphatic heterocycles. The fourth-order valence-electron chi connectivity index (χ4n) is 3.52. The quantitative estimate of drug-likeness (QED) is 0.451. The van der Waals surface area contributed by atoms with Crippen molar-refractivity contribution in [3.8, 4) is 11.3 Å². The smallest absolute Gasteiger partial charge is 0.153 e. The van der Waals surface area contributed by atoms with Crippen LogP contribution in [0.5, 0.6) is 0 Å². The van der Waals surface area contributed by atoms with Gasteiger partial charge in [0.2, 0.25) is 0 Å². The number of fused-ring (bicyclic) bond motifs is 2. The van der Waals surface area contributed by atoms with Gasteiger partial charge in [-0.15, -0.1) is 0 Å². The Kier molecular flexibility index (Phi) is 4.64. The molecule has 1 atom stereocenters. The van der Waals surface area contributed by atoms with Gasteiger partial charge in [0.25, 0.3) is 0 Å². The maximum Gasteiger partial charge on any atom is 0.153 e. The van der Waals surface area contributed by atoms with Crippen molar-refractivity contribution in [2.75, 3.05) is 6.61 Å². The van der Waals surface area contributed by atoms with Gasteiger partial charge >= 0.3 is 0 Å². The standard InChI is InChI=1S/C21H16F2N6O2/c22-14-8-16-13(2-1-5-24-16)20(23)19(14)21(31)17-10-25-18-4-3-15(27-29(17)18)12-9-26-28(11-12)6-7-30/h1-5,8-11,21,30-31H,6-7H2/t21-/m0/s1. The zero-order valence-electron chi connectivity index (χ0n) is 16.0. The number of aliphatic hydroxyl groups is 2. The lowest BCUT2D eigenvalue weighted by molar-refractivity contribution is 0.202. The Morgan fingerprint density at radius 3 is 2.81 bits per heavy atom. The third kappa shape index (κ3) is 3.22. The van der Waals surface area contributed by atoms with Crippen LogP contribution in [0.25, 0.3) is 27.8 Å². The molecule has 156 valence electrons. The zero-order valence-corrected chi connectivity index (χ0v) is 16.0. The topological polar surface area (TPSA) is 101 Å². The zero-order chi connectivity index (χ0) is 21.5. The Hall–Kier alpha value is -3.76. The molecule has 31 heavy (non-hydrogen) atoms. The largest absolute Gasteiger partial charge is 0.394 e. The lowest BCUT2D eigenvalue weighted by Crippen LogP contribution is -2.10. The lowest BCUT2D eigenvalue weighted by atomic mass is 10.0. The Morgan fingerprint density at radius 1 is 1.10 bits per heavy atom. The van der Waals surface area contributed by atoms with E-state index in [0.29, 0.717) is 23.4 Å². The highest BCUT2D eigenvalue weighted by molar-refractivity contribution is 5.80. The first-order valence-corrected chi connectivity index (χ1v) is 9.46. The average molecular weight is 422 g/mol. The summed E-state index contributed by atoms with van der Waals surface area (Å²) >= 11 is 0. The van der Waals surface area contributed by atoms with Crippen molar-refractivity contribution in [3.63, 3.8) is 0 Å². The number of hydrogen-bond acceptors (Lipinski definition) is 6. The van der Waals surface area contributed by atoms with Crippen molar-refractivity contribution in [3.05, 3.63) is 78.0 Å². The van der Waals surface area contributed by atoms with Crippen LogP contribution in [-0.4, -0.2) is 46.2 Å². The highest BCUT2D eigenvalue weighted by Gasteiger charge is 2.25. The monoisotopic (exact) mass is 422 g/mol. The third-order valence-electron chi connectivity index (χ3n) is 5.03. The Bertz CT molecular complexity index is 1410. The van der Waals surface area contributed by atoms with E-state index in [1.807, 2.05) is 0 Å². The molecule has 10 heteroatoms. The molecule has 4 aromatic heterocycles. The normalized spacial score (nSPS) is 12.6. The molecule has 1 aromatic carbocycles. The maximum atomic E-state index is 15.1. The summed E-state index contributed by atoms with van der Waals surface area (Å²) in [5.41, 5.74) is 1.38. The molecule has 2 N–H and O–H groups in total. The van der Waals surface area contributed by atoms with E-state index in [-0.39, 0.29) is 23.2 Å². The predicted molar refractivity (Wildman–Crippen MR) is 107 cm³/mol. The average Bonchev–Trinajstić information content (AvgIpc) is 3.40. The SMILES string of the molecule is OCCn1cc(-c2ccc3ncc([C@H](O)c4c(F)cc5ncccc5c4F)n3n2)cn1. The summed E-state index contributed by atoms with van der Waals surface area (Å²) in [6.07, 6.45) is 4.44. The maximum absolute atomic E-state index is 15.1. The van der Waals surface area contributed by atoms with E-state index in [1.165, 1.54) is 23.0 Å². The van der Waals surface area contributed by atoms with Crippen LogP contribution in [-0.2, 0) is 6.54 Å². The van der Waals surface area contributed by atoms with Crippen LogP contribution in [0, 0.1) is 11.6 Å². The second-order valence-electron chi connectivity index (χ2n) is 6.95. The number of benzene rings is 1. The van der Waals surface area contributed by atoms with Crippen LogP contribution in [0.3, 0.4) is 0 Å². The van der Waals surface area contributed by atoms with E-state index in [4.69, 9.17) is 5.11 Å². The Morgan fingerprint density at radius 2 is 1.97 bits per heavy atom. The molecule has 0 bridgehead atoms. The van der Waals surface area contributed by atoms with E-state index in [0.717, 1.165) is 6.07 Å². The molecule has 8 nitrogen and oxygen atoms in total. The van der Waals surface area contributed by atoms with Gasteiger partial charge in [0, 0.05) is 29.4 Å². The molecule has 4 heterocycles. The molecule has 5 rings (SSSR count). The molecule has 0 fully saturated rings. The molecule has 0 amide bonds. The van der Waals surface area contributed by atoms with Crippen LogP contribution in [0.4, 0.5) is 8.78 Å². The number of nitrogens with zero attached hydrogens (tertiary/aromatic N) is 6. The number of hydrogen-bond donors (Lipinski definition) is 2. The number of halogens is 2. The van der Waals surface area contributed by atoms with Gasteiger partial charge in [0.15, 0.2) is 5.65 Å². The van der Waals surface area contributed by atoms with Crippen LogP contribution < -0.4 is 0 Å². The molecular weight excluding hydrogens is 406 g/mol. The highest BCUT2D eigenvalue weighted by Crippen LogP contribution is 2.31. The predicted octanol–water partition coefficient (Wildman–Crippen LogP) is 2.49. The van der Waals surface area contributed by atoms with Crippen molar-refractivity contribution in [2.24, 2.45) is 0 Å². The fourth-order valence-corrected chi connectivity index (χ4v) is 3.52. The lowest BCUT2D eigenvalue weighted by Gasteiger charge is -2.14. The van der Waals surface area contributed by atoms with Crippen LogP contribution in [0.1, 0.15) is 17.4 Å². The second-order valence-corrected chi connectivity index (χ2v) is 6.95. The van der Waals surface area contributed by atoms with Crippen molar-refractivity contribution in [1.29, 1.82) is 0 Å². The first-order valence-electron chi connectivity index (χ1n) is 9.46. The van der Waals surface area contributed by atoms with Gasteiger partial charge in [0.1, 0.15) is 17.7 Å².